The molecule has 5 heterocycles. The van der Waals surface area contributed by atoms with E-state index in [-0.39, 0.29) is 6.61 Å². The molecule has 0 saturated carbocycles. The van der Waals surface area contributed by atoms with Gasteiger partial charge in [-0.25, -0.2) is 15.0 Å². The number of nitrogens with one attached hydrogen (secondary N) is 2. The zero-order chi connectivity index (χ0) is 21.8. The molecule has 0 aliphatic rings. The maximum atomic E-state index is 9.66. The van der Waals surface area contributed by atoms with E-state index in [1.807, 2.05) is 61.3 Å². The normalized spacial score (nSPS) is 11.7. The second kappa shape index (κ2) is 6.86. The summed E-state index contributed by atoms with van der Waals surface area (Å²) in [4.78, 5) is 17.4. The fourth-order valence-electron chi connectivity index (χ4n) is 3.97. The number of pyridine rings is 1. The van der Waals surface area contributed by atoms with Crippen molar-refractivity contribution >= 4 is 22.1 Å². The van der Waals surface area contributed by atoms with E-state index < -0.39 is 0 Å². The summed E-state index contributed by atoms with van der Waals surface area (Å²) in [6, 6.07) is 9.78. The first kappa shape index (κ1) is 18.5. The van der Waals surface area contributed by atoms with E-state index in [1.54, 1.807) is 11.0 Å². The topological polar surface area (TPSA) is 126 Å². The van der Waals surface area contributed by atoms with Crippen LogP contribution in [0, 0.1) is 6.92 Å². The average Bonchev–Trinajstić information content (AvgIpc) is 3.57. The molecule has 3 N–H and O–H groups in total. The van der Waals surface area contributed by atoms with Gasteiger partial charge in [-0.1, -0.05) is 6.07 Å². The number of aryl methyl sites for hydroxylation is 2. The first-order valence-corrected chi connectivity index (χ1v) is 10.1. The van der Waals surface area contributed by atoms with E-state index in [9.17, 15) is 5.11 Å². The van der Waals surface area contributed by atoms with Gasteiger partial charge < -0.3 is 14.7 Å². The maximum absolute atomic E-state index is 9.66. The Labute approximate surface area is 181 Å². The van der Waals surface area contributed by atoms with E-state index in [0.29, 0.717) is 28.4 Å². The third-order valence-corrected chi connectivity index (χ3v) is 5.44. The van der Waals surface area contributed by atoms with Crippen molar-refractivity contribution in [3.05, 3.63) is 60.4 Å². The number of aliphatic hydroxyl groups excluding tert-OH is 1. The number of aromatic amines is 2. The Morgan fingerprint density at radius 3 is 2.75 bits per heavy atom. The number of fused-ring (bicyclic) bond motifs is 2. The van der Waals surface area contributed by atoms with Crippen molar-refractivity contribution in [1.29, 1.82) is 0 Å². The number of aliphatic hydroxyl groups is 1. The Morgan fingerprint density at radius 1 is 1.03 bits per heavy atom. The number of rotatable bonds is 4. The predicted octanol–water partition coefficient (Wildman–Crippen LogP) is 2.89. The Kier molecular flexibility index (Phi) is 3.95. The molecule has 0 fully saturated rings. The summed E-state index contributed by atoms with van der Waals surface area (Å²) in [7, 11) is 1.82. The molecule has 32 heavy (non-hydrogen) atoms. The predicted molar refractivity (Wildman–Crippen MR) is 119 cm³/mol. The Morgan fingerprint density at radius 2 is 1.94 bits per heavy atom. The molecule has 0 saturated heterocycles. The van der Waals surface area contributed by atoms with Crippen molar-refractivity contribution in [3.8, 4) is 28.5 Å². The zero-order valence-electron chi connectivity index (χ0n) is 17.4. The van der Waals surface area contributed by atoms with Crippen molar-refractivity contribution in [2.75, 3.05) is 0 Å². The van der Waals surface area contributed by atoms with Gasteiger partial charge in [-0.15, -0.1) is 0 Å². The van der Waals surface area contributed by atoms with Crippen LogP contribution in [-0.4, -0.2) is 49.6 Å². The average molecular weight is 425 g/mol. The highest BCUT2D eigenvalue weighted by molar-refractivity contribution is 5.93. The van der Waals surface area contributed by atoms with E-state index in [1.165, 1.54) is 0 Å². The summed E-state index contributed by atoms with van der Waals surface area (Å²) in [6.07, 6.45) is 5.59. The molecule has 0 aliphatic carbocycles. The Bertz CT molecular complexity index is 1600. The first-order valence-electron chi connectivity index (χ1n) is 10.1. The zero-order valence-corrected chi connectivity index (χ0v) is 17.4. The third-order valence-electron chi connectivity index (χ3n) is 5.44. The Hall–Kier alpha value is -4.31. The van der Waals surface area contributed by atoms with Crippen LogP contribution in [0.3, 0.4) is 0 Å². The van der Waals surface area contributed by atoms with E-state index in [4.69, 9.17) is 9.97 Å². The molecule has 0 aliphatic heterocycles. The molecule has 0 atom stereocenters. The molecular weight excluding hydrogens is 406 g/mol. The molecule has 0 bridgehead atoms. The van der Waals surface area contributed by atoms with Gasteiger partial charge in [0.05, 0.1) is 46.7 Å². The molecular formula is C22H19N9O. The van der Waals surface area contributed by atoms with Crippen LogP contribution in [0.15, 0.2) is 49.1 Å². The summed E-state index contributed by atoms with van der Waals surface area (Å²) in [5.74, 6) is 0.619. The number of para-hydroxylation sites is 1. The van der Waals surface area contributed by atoms with Crippen LogP contribution in [0.5, 0.6) is 0 Å². The van der Waals surface area contributed by atoms with Gasteiger partial charge in [0, 0.05) is 25.0 Å². The number of nitrogens with zero attached hydrogens (tertiary/aromatic N) is 7. The molecule has 0 amide bonds. The van der Waals surface area contributed by atoms with E-state index >= 15 is 0 Å². The van der Waals surface area contributed by atoms with Crippen molar-refractivity contribution in [2.45, 2.75) is 13.5 Å². The maximum Gasteiger partial charge on any atom is 0.161 e. The van der Waals surface area contributed by atoms with E-state index in [2.05, 4.69) is 25.3 Å². The van der Waals surface area contributed by atoms with E-state index in [0.717, 1.165) is 33.5 Å². The minimum Gasteiger partial charge on any atom is -0.390 e. The van der Waals surface area contributed by atoms with Crippen LogP contribution in [0.4, 0.5) is 0 Å². The lowest BCUT2D eigenvalue weighted by molar-refractivity contribution is 0.276. The number of aromatic nitrogens is 9. The molecule has 0 radical (unpaired) electrons. The van der Waals surface area contributed by atoms with Gasteiger partial charge in [0.2, 0.25) is 0 Å². The van der Waals surface area contributed by atoms with Crippen LogP contribution < -0.4 is 0 Å². The highest BCUT2D eigenvalue weighted by Gasteiger charge is 2.18. The molecule has 10 heteroatoms. The largest absolute Gasteiger partial charge is 0.390 e. The number of imidazole rings is 2. The van der Waals surface area contributed by atoms with Crippen LogP contribution >= 0.6 is 0 Å². The fourth-order valence-corrected chi connectivity index (χ4v) is 3.97. The quantitative estimate of drug-likeness (QED) is 0.399. The van der Waals surface area contributed by atoms with Gasteiger partial charge in [0.1, 0.15) is 11.0 Å². The summed E-state index contributed by atoms with van der Waals surface area (Å²) >= 11 is 0. The van der Waals surface area contributed by atoms with Gasteiger partial charge >= 0.3 is 0 Å². The fraction of sp³-hybridized carbons (Fsp3) is 0.136. The standard InChI is InChI=1S/C22H19N9O/c1-12-8-31(11-23-12)18-5-3-4-15-19(18)26-22(25-15)21-20-16(27-28-21)7-6-14(24-20)13-9-30(2)29-17(13)10-32/h3-9,11,32H,10H2,1-2H3,(H,25,26)(H,27,28). The molecule has 6 rings (SSSR count). The molecule has 158 valence electrons. The molecule has 6 aromatic rings. The van der Waals surface area contributed by atoms with Crippen LogP contribution in [0.2, 0.25) is 0 Å². The number of benzene rings is 1. The minimum atomic E-state index is -0.159. The Balaban J connectivity index is 1.51. The van der Waals surface area contributed by atoms with Gasteiger partial charge in [-0.2, -0.15) is 10.2 Å². The van der Waals surface area contributed by atoms with Crippen LogP contribution in [-0.2, 0) is 13.7 Å². The second-order valence-electron chi connectivity index (χ2n) is 7.67. The van der Waals surface area contributed by atoms with Crippen molar-refractivity contribution in [3.63, 3.8) is 0 Å². The summed E-state index contributed by atoms with van der Waals surface area (Å²) in [6.45, 7) is 1.80. The smallest absolute Gasteiger partial charge is 0.161 e. The van der Waals surface area contributed by atoms with Crippen molar-refractivity contribution < 1.29 is 5.11 Å². The number of hydrogen-bond acceptors (Lipinski definition) is 6. The molecule has 5 aromatic heterocycles. The number of H-pyrrole nitrogens is 2. The molecule has 0 spiro atoms. The number of hydrogen-bond donors (Lipinski definition) is 3. The summed E-state index contributed by atoms with van der Waals surface area (Å²) < 4.78 is 3.63. The molecule has 10 nitrogen and oxygen atoms in total. The summed E-state index contributed by atoms with van der Waals surface area (Å²) in [5.41, 5.74) is 7.77. The van der Waals surface area contributed by atoms with Gasteiger partial charge in [-0.3, -0.25) is 9.78 Å². The lowest BCUT2D eigenvalue weighted by atomic mass is 10.1. The van der Waals surface area contributed by atoms with Crippen molar-refractivity contribution in [2.24, 2.45) is 7.05 Å². The highest BCUT2D eigenvalue weighted by Crippen LogP contribution is 2.30. The summed E-state index contributed by atoms with van der Waals surface area (Å²) in [5, 5.41) is 21.5. The minimum absolute atomic E-state index is 0.159. The molecule has 0 unspecified atom stereocenters. The van der Waals surface area contributed by atoms with Crippen molar-refractivity contribution in [1.82, 2.24) is 44.5 Å². The van der Waals surface area contributed by atoms with Crippen LogP contribution in [0.25, 0.3) is 50.5 Å². The lowest BCUT2D eigenvalue weighted by Crippen LogP contribution is -1.92. The first-order chi connectivity index (χ1) is 15.6. The highest BCUT2D eigenvalue weighted by atomic mass is 16.3. The lowest BCUT2D eigenvalue weighted by Gasteiger charge is -2.01. The molecule has 1 aromatic carbocycles. The second-order valence-corrected chi connectivity index (χ2v) is 7.67. The SMILES string of the molecule is Cc1cn(-c2cccc3[nH]c(-c4n[nH]c5ccc(-c6cn(C)nc6CO)nc45)nc23)cn1. The van der Waals surface area contributed by atoms with Crippen LogP contribution in [0.1, 0.15) is 11.4 Å². The van der Waals surface area contributed by atoms with Gasteiger partial charge in [-0.05, 0) is 31.2 Å². The monoisotopic (exact) mass is 425 g/mol. The van der Waals surface area contributed by atoms with Gasteiger partial charge in [0.25, 0.3) is 0 Å². The van der Waals surface area contributed by atoms with Gasteiger partial charge in [0.15, 0.2) is 11.5 Å². The third kappa shape index (κ3) is 2.81.